The van der Waals surface area contributed by atoms with Gasteiger partial charge in [0.2, 0.25) is 0 Å². The van der Waals surface area contributed by atoms with E-state index in [0.29, 0.717) is 27.4 Å². The first kappa shape index (κ1) is 15.3. The summed E-state index contributed by atoms with van der Waals surface area (Å²) in [7, 11) is 0. The van der Waals surface area contributed by atoms with Crippen molar-refractivity contribution in [3.05, 3.63) is 77.4 Å². The molecule has 4 rings (SSSR count). The summed E-state index contributed by atoms with van der Waals surface area (Å²) >= 11 is 0. The Morgan fingerprint density at radius 2 is 1.48 bits per heavy atom. The Morgan fingerprint density at radius 1 is 0.840 bits per heavy atom. The third-order valence-corrected chi connectivity index (χ3v) is 4.67. The highest BCUT2D eigenvalue weighted by Crippen LogP contribution is 2.37. The third kappa shape index (κ3) is 2.36. The molecule has 3 heteroatoms. The van der Waals surface area contributed by atoms with E-state index >= 15 is 0 Å². The molecular weight excluding hydrogens is 310 g/mol. The van der Waals surface area contributed by atoms with Gasteiger partial charge in [0.1, 0.15) is 0 Å². The second-order valence-corrected chi connectivity index (χ2v) is 6.28. The molecule has 0 aliphatic heterocycles. The van der Waals surface area contributed by atoms with E-state index in [4.69, 9.17) is 4.98 Å². The molecule has 0 aliphatic carbocycles. The quantitative estimate of drug-likeness (QED) is 0.504. The van der Waals surface area contributed by atoms with Crippen LogP contribution >= 0.6 is 0 Å². The second kappa shape index (κ2) is 5.71. The summed E-state index contributed by atoms with van der Waals surface area (Å²) in [6, 6.07) is 19.3. The van der Waals surface area contributed by atoms with Gasteiger partial charge < -0.3 is 5.11 Å². The number of aromatic nitrogens is 1. The van der Waals surface area contributed by atoms with Gasteiger partial charge in [0, 0.05) is 10.8 Å². The van der Waals surface area contributed by atoms with Crippen LogP contribution in [0.1, 0.15) is 21.5 Å². The molecule has 0 unspecified atom stereocenters. The molecule has 0 fully saturated rings. The third-order valence-electron chi connectivity index (χ3n) is 4.67. The predicted molar refractivity (Wildman–Crippen MR) is 101 cm³/mol. The first-order chi connectivity index (χ1) is 12.1. The maximum absolute atomic E-state index is 12.2. The van der Waals surface area contributed by atoms with Crippen molar-refractivity contribution in [3.63, 3.8) is 0 Å². The lowest BCUT2D eigenvalue weighted by Crippen LogP contribution is -2.03. The Balaban J connectivity index is 2.25. The Hall–Kier alpha value is -3.20. The largest absolute Gasteiger partial charge is 0.478 e. The van der Waals surface area contributed by atoms with Crippen LogP contribution in [0.5, 0.6) is 0 Å². The number of hydrogen-bond donors (Lipinski definition) is 1. The van der Waals surface area contributed by atoms with E-state index < -0.39 is 5.97 Å². The maximum atomic E-state index is 12.2. The van der Waals surface area contributed by atoms with Crippen molar-refractivity contribution in [2.45, 2.75) is 13.8 Å². The molecule has 0 aliphatic rings. The summed E-state index contributed by atoms with van der Waals surface area (Å²) in [6.07, 6.45) is 0. The fourth-order valence-electron chi connectivity index (χ4n) is 3.61. The van der Waals surface area contributed by atoms with Crippen LogP contribution in [0.15, 0.2) is 60.7 Å². The van der Waals surface area contributed by atoms with E-state index in [1.807, 2.05) is 48.5 Å². The molecule has 0 radical (unpaired) electrons. The summed E-state index contributed by atoms with van der Waals surface area (Å²) in [5.74, 6) is -0.928. The fourth-order valence-corrected chi connectivity index (χ4v) is 3.61. The van der Waals surface area contributed by atoms with Crippen molar-refractivity contribution < 1.29 is 9.90 Å². The van der Waals surface area contributed by atoms with Gasteiger partial charge >= 0.3 is 5.97 Å². The molecule has 1 N–H and O–H groups in total. The molecule has 1 aromatic heterocycles. The SMILES string of the molecule is Cc1cccc(C)c1-c1cccc2nc3ccccc3c(C(=O)O)c12. The molecule has 122 valence electrons. The van der Waals surface area contributed by atoms with E-state index in [1.165, 1.54) is 0 Å². The predicted octanol–water partition coefficient (Wildman–Crippen LogP) is 5.37. The molecule has 0 bridgehead atoms. The van der Waals surface area contributed by atoms with Gasteiger partial charge in [-0.05, 0) is 48.2 Å². The number of hydrogen-bond acceptors (Lipinski definition) is 2. The van der Waals surface area contributed by atoms with Crippen LogP contribution in [0.3, 0.4) is 0 Å². The summed E-state index contributed by atoms with van der Waals surface area (Å²) in [5, 5.41) is 11.3. The number of carbonyl (C=O) groups is 1. The number of benzene rings is 3. The number of aromatic carboxylic acids is 1. The summed E-state index contributed by atoms with van der Waals surface area (Å²) in [6.45, 7) is 4.10. The molecule has 0 amide bonds. The maximum Gasteiger partial charge on any atom is 0.337 e. The highest BCUT2D eigenvalue weighted by molar-refractivity contribution is 6.17. The highest BCUT2D eigenvalue weighted by atomic mass is 16.4. The minimum atomic E-state index is -0.928. The van der Waals surface area contributed by atoms with Crippen LogP contribution in [0.4, 0.5) is 0 Å². The minimum absolute atomic E-state index is 0.318. The topological polar surface area (TPSA) is 50.2 Å². The molecule has 3 aromatic carbocycles. The average molecular weight is 327 g/mol. The molecule has 25 heavy (non-hydrogen) atoms. The lowest BCUT2D eigenvalue weighted by molar-refractivity contribution is 0.0701. The van der Waals surface area contributed by atoms with Crippen molar-refractivity contribution >= 4 is 27.8 Å². The number of rotatable bonds is 2. The average Bonchev–Trinajstić information content (AvgIpc) is 2.59. The Labute approximate surface area is 145 Å². The highest BCUT2D eigenvalue weighted by Gasteiger charge is 2.19. The number of carboxylic acids is 1. The standard InChI is InChI=1S/C22H17NO2/c1-13-7-5-8-14(2)19(13)16-10-6-12-18-20(16)21(22(24)25)15-9-3-4-11-17(15)23-18/h3-12H,1-2H3,(H,24,25). The van der Waals surface area contributed by atoms with Crippen LogP contribution in [0, 0.1) is 13.8 Å². The van der Waals surface area contributed by atoms with E-state index in [-0.39, 0.29) is 0 Å². The lowest BCUT2D eigenvalue weighted by Gasteiger charge is -2.15. The summed E-state index contributed by atoms with van der Waals surface area (Å²) in [5.41, 5.74) is 5.96. The number of para-hydroxylation sites is 1. The monoisotopic (exact) mass is 327 g/mol. The lowest BCUT2D eigenvalue weighted by atomic mass is 9.90. The molecular formula is C22H17NO2. The van der Waals surface area contributed by atoms with E-state index in [2.05, 4.69) is 26.0 Å². The van der Waals surface area contributed by atoms with E-state index in [9.17, 15) is 9.90 Å². The van der Waals surface area contributed by atoms with Gasteiger partial charge in [-0.3, -0.25) is 0 Å². The molecule has 3 nitrogen and oxygen atoms in total. The second-order valence-electron chi connectivity index (χ2n) is 6.28. The van der Waals surface area contributed by atoms with Crippen molar-refractivity contribution in [1.29, 1.82) is 0 Å². The molecule has 4 aromatic rings. The number of nitrogens with zero attached hydrogens (tertiary/aromatic N) is 1. The zero-order valence-corrected chi connectivity index (χ0v) is 14.1. The van der Waals surface area contributed by atoms with Crippen molar-refractivity contribution in [1.82, 2.24) is 4.98 Å². The van der Waals surface area contributed by atoms with Crippen LogP contribution in [0.25, 0.3) is 32.9 Å². The number of carboxylic acid groups (broad SMARTS) is 1. The van der Waals surface area contributed by atoms with Gasteiger partial charge in [-0.1, -0.05) is 48.5 Å². The number of fused-ring (bicyclic) bond motifs is 2. The Kier molecular flexibility index (Phi) is 3.50. The Morgan fingerprint density at radius 3 is 2.20 bits per heavy atom. The van der Waals surface area contributed by atoms with Gasteiger partial charge in [0.15, 0.2) is 0 Å². The van der Waals surface area contributed by atoms with Crippen molar-refractivity contribution in [2.24, 2.45) is 0 Å². The molecule has 1 heterocycles. The molecule has 0 saturated heterocycles. The van der Waals surface area contributed by atoms with Crippen molar-refractivity contribution in [2.75, 3.05) is 0 Å². The van der Waals surface area contributed by atoms with E-state index in [0.717, 1.165) is 22.3 Å². The number of pyridine rings is 1. The Bertz CT molecular complexity index is 1130. The normalized spacial score (nSPS) is 11.1. The van der Waals surface area contributed by atoms with Gasteiger partial charge in [-0.15, -0.1) is 0 Å². The molecule has 0 spiro atoms. The smallest absolute Gasteiger partial charge is 0.337 e. The van der Waals surface area contributed by atoms with Gasteiger partial charge in [-0.25, -0.2) is 9.78 Å². The summed E-state index contributed by atoms with van der Waals surface area (Å²) < 4.78 is 0. The summed E-state index contributed by atoms with van der Waals surface area (Å²) in [4.78, 5) is 16.9. The first-order valence-corrected chi connectivity index (χ1v) is 8.19. The van der Waals surface area contributed by atoms with Gasteiger partial charge in [-0.2, -0.15) is 0 Å². The zero-order valence-electron chi connectivity index (χ0n) is 14.1. The number of aryl methyl sites for hydroxylation is 2. The van der Waals surface area contributed by atoms with Crippen LogP contribution in [0.2, 0.25) is 0 Å². The first-order valence-electron chi connectivity index (χ1n) is 8.19. The van der Waals surface area contributed by atoms with Crippen LogP contribution < -0.4 is 0 Å². The van der Waals surface area contributed by atoms with Gasteiger partial charge in [0.05, 0.1) is 16.6 Å². The van der Waals surface area contributed by atoms with Crippen LogP contribution in [-0.4, -0.2) is 16.1 Å². The molecule has 0 saturated carbocycles. The molecule has 0 atom stereocenters. The van der Waals surface area contributed by atoms with Crippen molar-refractivity contribution in [3.8, 4) is 11.1 Å². The zero-order chi connectivity index (χ0) is 17.6. The minimum Gasteiger partial charge on any atom is -0.478 e. The van der Waals surface area contributed by atoms with E-state index in [1.54, 1.807) is 0 Å². The van der Waals surface area contributed by atoms with Crippen LogP contribution in [-0.2, 0) is 0 Å². The fraction of sp³-hybridized carbons (Fsp3) is 0.0909. The van der Waals surface area contributed by atoms with Gasteiger partial charge in [0.25, 0.3) is 0 Å².